The lowest BCUT2D eigenvalue weighted by atomic mass is 9.86. The molecule has 26 heavy (non-hydrogen) atoms. The zero-order valence-corrected chi connectivity index (χ0v) is 15.0. The monoisotopic (exact) mass is 387 g/mol. The number of ether oxygens (including phenoxy) is 1. The summed E-state index contributed by atoms with van der Waals surface area (Å²) in [6.07, 6.45) is -5.06. The second kappa shape index (κ2) is 7.07. The maximum Gasteiger partial charge on any atom is 0.426 e. The number of hydrogen-bond acceptors (Lipinski definition) is 4. The van der Waals surface area contributed by atoms with E-state index < -0.39 is 23.2 Å². The number of anilines is 1. The van der Waals surface area contributed by atoms with Crippen molar-refractivity contribution in [1.82, 2.24) is 0 Å². The Bertz CT molecular complexity index is 816. The third-order valence-electron chi connectivity index (χ3n) is 4.04. The summed E-state index contributed by atoms with van der Waals surface area (Å²) < 4.78 is 47.1. The highest BCUT2D eigenvalue weighted by atomic mass is 35.5. The largest absolute Gasteiger partial charge is 0.507 e. The first kappa shape index (κ1) is 19.9. The summed E-state index contributed by atoms with van der Waals surface area (Å²) in [7, 11) is 0.872. The number of esters is 1. The summed E-state index contributed by atoms with van der Waals surface area (Å²) in [5, 5.41) is 12.1. The molecule has 8 heteroatoms. The summed E-state index contributed by atoms with van der Waals surface area (Å²) in [6, 6.07) is 7.95. The summed E-state index contributed by atoms with van der Waals surface area (Å²) in [5.41, 5.74) is -3.31. The standard InChI is InChI=1S/C18H17ClF3NO3/c1-10-8-12(9-11(2)15(10)24)17(16(25)26-3,18(20,21)22)23-14-7-5-4-6-13(14)19/h4-9,23-24H,1-3H3/t17-/m1/s1. The van der Waals surface area contributed by atoms with E-state index >= 15 is 0 Å². The number of nitrogens with one attached hydrogen (secondary N) is 1. The number of phenolic OH excluding ortho intramolecular Hbond substituents is 1. The Morgan fingerprint density at radius 3 is 2.15 bits per heavy atom. The van der Waals surface area contributed by atoms with Crippen molar-refractivity contribution < 1.29 is 27.8 Å². The van der Waals surface area contributed by atoms with Crippen LogP contribution in [-0.4, -0.2) is 24.4 Å². The van der Waals surface area contributed by atoms with Crippen molar-refractivity contribution in [3.8, 4) is 5.75 Å². The van der Waals surface area contributed by atoms with Crippen LogP contribution in [0.5, 0.6) is 5.75 Å². The van der Waals surface area contributed by atoms with Gasteiger partial charge in [0.1, 0.15) is 5.75 Å². The van der Waals surface area contributed by atoms with E-state index in [1.54, 1.807) is 6.07 Å². The number of hydrogen-bond donors (Lipinski definition) is 2. The smallest absolute Gasteiger partial charge is 0.426 e. The van der Waals surface area contributed by atoms with Crippen molar-refractivity contribution >= 4 is 23.3 Å². The lowest BCUT2D eigenvalue weighted by Crippen LogP contribution is -2.56. The molecule has 0 saturated carbocycles. The van der Waals surface area contributed by atoms with Gasteiger partial charge in [-0.3, -0.25) is 0 Å². The van der Waals surface area contributed by atoms with Crippen LogP contribution in [0.1, 0.15) is 16.7 Å². The maximum absolute atomic E-state index is 14.2. The number of methoxy groups -OCH3 is 1. The van der Waals surface area contributed by atoms with Gasteiger partial charge in [-0.25, -0.2) is 4.79 Å². The number of carbonyl (C=O) groups excluding carboxylic acids is 1. The van der Waals surface area contributed by atoms with Crippen LogP contribution >= 0.6 is 11.6 Å². The van der Waals surface area contributed by atoms with Crippen LogP contribution in [0.3, 0.4) is 0 Å². The Morgan fingerprint density at radius 1 is 1.15 bits per heavy atom. The molecule has 0 aliphatic rings. The molecule has 0 saturated heterocycles. The van der Waals surface area contributed by atoms with Gasteiger partial charge in [-0.05, 0) is 54.8 Å². The molecule has 0 unspecified atom stereocenters. The molecule has 2 aromatic rings. The normalized spacial score (nSPS) is 13.8. The number of phenols is 1. The first-order valence-corrected chi connectivity index (χ1v) is 7.91. The number of para-hydroxylation sites is 1. The minimum absolute atomic E-state index is 0.0113. The molecule has 0 bridgehead atoms. The minimum Gasteiger partial charge on any atom is -0.507 e. The third kappa shape index (κ3) is 3.31. The van der Waals surface area contributed by atoms with Crippen LogP contribution in [0.4, 0.5) is 18.9 Å². The van der Waals surface area contributed by atoms with Crippen LogP contribution in [0, 0.1) is 13.8 Å². The fourth-order valence-electron chi connectivity index (χ4n) is 2.68. The molecular weight excluding hydrogens is 371 g/mol. The van der Waals surface area contributed by atoms with Gasteiger partial charge in [-0.2, -0.15) is 13.2 Å². The van der Waals surface area contributed by atoms with E-state index in [4.69, 9.17) is 11.6 Å². The molecule has 0 spiro atoms. The highest BCUT2D eigenvalue weighted by Gasteiger charge is 2.63. The second-order valence-corrected chi connectivity index (χ2v) is 6.21. The summed E-state index contributed by atoms with van der Waals surface area (Å²) >= 11 is 5.98. The first-order chi connectivity index (χ1) is 12.0. The van der Waals surface area contributed by atoms with E-state index in [1.807, 2.05) is 0 Å². The van der Waals surface area contributed by atoms with Gasteiger partial charge in [-0.15, -0.1) is 0 Å². The molecule has 0 aliphatic heterocycles. The molecule has 0 amide bonds. The molecule has 0 radical (unpaired) electrons. The third-order valence-corrected chi connectivity index (χ3v) is 4.37. The van der Waals surface area contributed by atoms with Gasteiger partial charge in [0.25, 0.3) is 5.54 Å². The number of rotatable bonds is 4. The first-order valence-electron chi connectivity index (χ1n) is 7.53. The van der Waals surface area contributed by atoms with Crippen molar-refractivity contribution in [2.75, 3.05) is 12.4 Å². The van der Waals surface area contributed by atoms with Gasteiger partial charge in [0.15, 0.2) is 0 Å². The molecule has 0 heterocycles. The quantitative estimate of drug-likeness (QED) is 0.746. The lowest BCUT2D eigenvalue weighted by Gasteiger charge is -2.35. The molecular formula is C18H17ClF3NO3. The van der Waals surface area contributed by atoms with E-state index in [9.17, 15) is 23.1 Å². The van der Waals surface area contributed by atoms with Crippen LogP contribution in [-0.2, 0) is 15.1 Å². The van der Waals surface area contributed by atoms with E-state index in [0.717, 1.165) is 19.2 Å². The van der Waals surface area contributed by atoms with Crippen LogP contribution in [0.2, 0.25) is 5.02 Å². The fraction of sp³-hybridized carbons (Fsp3) is 0.278. The summed E-state index contributed by atoms with van der Waals surface area (Å²) in [5.74, 6) is -1.69. The average Bonchev–Trinajstić information content (AvgIpc) is 2.56. The SMILES string of the molecule is COC(=O)[C@](Nc1ccccc1Cl)(c1cc(C)c(O)c(C)c1)C(F)(F)F. The van der Waals surface area contributed by atoms with Crippen molar-refractivity contribution in [2.45, 2.75) is 25.6 Å². The lowest BCUT2D eigenvalue weighted by molar-refractivity contribution is -0.201. The predicted octanol–water partition coefficient (Wildman–Crippen LogP) is 4.71. The predicted molar refractivity (Wildman–Crippen MR) is 92.4 cm³/mol. The number of aromatic hydroxyl groups is 1. The Hall–Kier alpha value is -2.41. The molecule has 0 aliphatic carbocycles. The molecule has 0 fully saturated rings. The number of benzene rings is 2. The zero-order valence-electron chi connectivity index (χ0n) is 14.2. The Morgan fingerprint density at radius 2 is 1.69 bits per heavy atom. The minimum atomic E-state index is -5.06. The zero-order chi connectivity index (χ0) is 19.7. The van der Waals surface area contributed by atoms with Crippen molar-refractivity contribution in [1.29, 1.82) is 0 Å². The van der Waals surface area contributed by atoms with Gasteiger partial charge in [0.2, 0.25) is 0 Å². The molecule has 1 atom stereocenters. The van der Waals surface area contributed by atoms with E-state index in [2.05, 4.69) is 10.1 Å². The van der Waals surface area contributed by atoms with Crippen molar-refractivity contribution in [3.05, 3.63) is 58.1 Å². The van der Waals surface area contributed by atoms with Crippen molar-refractivity contribution in [3.63, 3.8) is 0 Å². The van der Waals surface area contributed by atoms with Crippen molar-refractivity contribution in [2.24, 2.45) is 0 Å². The second-order valence-electron chi connectivity index (χ2n) is 5.80. The molecule has 140 valence electrons. The van der Waals surface area contributed by atoms with E-state index in [-0.39, 0.29) is 27.6 Å². The van der Waals surface area contributed by atoms with Gasteiger partial charge in [0, 0.05) is 0 Å². The Kier molecular flexibility index (Phi) is 5.41. The van der Waals surface area contributed by atoms with Crippen LogP contribution < -0.4 is 5.32 Å². The van der Waals surface area contributed by atoms with Gasteiger partial charge in [-0.1, -0.05) is 23.7 Å². The molecule has 0 aromatic heterocycles. The van der Waals surface area contributed by atoms with Crippen LogP contribution in [0.25, 0.3) is 0 Å². The number of carbonyl (C=O) groups is 1. The highest BCUT2D eigenvalue weighted by molar-refractivity contribution is 6.33. The van der Waals surface area contributed by atoms with Gasteiger partial charge < -0.3 is 15.2 Å². The summed E-state index contributed by atoms with van der Waals surface area (Å²) in [6.45, 7) is 2.89. The highest BCUT2D eigenvalue weighted by Crippen LogP contribution is 2.45. The number of aryl methyl sites for hydroxylation is 2. The molecule has 4 nitrogen and oxygen atoms in total. The van der Waals surface area contributed by atoms with Gasteiger partial charge >= 0.3 is 12.1 Å². The van der Waals surface area contributed by atoms with E-state index in [0.29, 0.717) is 0 Å². The number of halogens is 4. The maximum atomic E-state index is 14.2. The van der Waals surface area contributed by atoms with E-state index in [1.165, 1.54) is 32.0 Å². The Labute approximate surface area is 153 Å². The fourth-order valence-corrected chi connectivity index (χ4v) is 2.86. The molecule has 2 N–H and O–H groups in total. The Balaban J connectivity index is 2.80. The summed E-state index contributed by atoms with van der Waals surface area (Å²) in [4.78, 5) is 12.4. The van der Waals surface area contributed by atoms with Crippen LogP contribution in [0.15, 0.2) is 36.4 Å². The molecule has 2 aromatic carbocycles. The van der Waals surface area contributed by atoms with Gasteiger partial charge in [0.05, 0.1) is 17.8 Å². The topological polar surface area (TPSA) is 58.6 Å². The average molecular weight is 388 g/mol. The number of alkyl halides is 3. The molecule has 2 rings (SSSR count).